The van der Waals surface area contributed by atoms with Gasteiger partial charge in [0.2, 0.25) is 0 Å². The first-order chi connectivity index (χ1) is 12.5. The molecule has 3 aromatic rings. The normalized spacial score (nSPS) is 13.4. The van der Waals surface area contributed by atoms with Crippen molar-refractivity contribution in [2.24, 2.45) is 0 Å². The number of hydrogen-bond acceptors (Lipinski definition) is 4. The summed E-state index contributed by atoms with van der Waals surface area (Å²) in [6, 6.07) is 12.9. The van der Waals surface area contributed by atoms with Crippen LogP contribution in [0.2, 0.25) is 0 Å². The lowest BCUT2D eigenvalue weighted by Gasteiger charge is -2.17. The number of rotatable bonds is 3. The summed E-state index contributed by atoms with van der Waals surface area (Å²) in [5.74, 6) is 0.719. The molecule has 0 amide bonds. The second kappa shape index (κ2) is 6.33. The van der Waals surface area contributed by atoms with E-state index in [4.69, 9.17) is 0 Å². The van der Waals surface area contributed by atoms with Crippen LogP contribution < -0.4 is 10.2 Å². The van der Waals surface area contributed by atoms with Gasteiger partial charge >= 0.3 is 6.18 Å². The number of halogens is 3. The molecule has 0 atom stereocenters. The molecule has 1 aliphatic heterocycles. The largest absolute Gasteiger partial charge is 0.416 e. The van der Waals surface area contributed by atoms with Gasteiger partial charge in [-0.3, -0.25) is 4.98 Å². The Balaban J connectivity index is 1.66. The highest BCUT2D eigenvalue weighted by molar-refractivity contribution is 5.77. The molecule has 2 aromatic heterocycles. The summed E-state index contributed by atoms with van der Waals surface area (Å²) >= 11 is 0. The third-order valence-electron chi connectivity index (χ3n) is 4.25. The van der Waals surface area contributed by atoms with E-state index in [-0.39, 0.29) is 0 Å². The van der Waals surface area contributed by atoms with Crippen LogP contribution in [-0.4, -0.2) is 16.6 Å². The van der Waals surface area contributed by atoms with Gasteiger partial charge in [0.1, 0.15) is 0 Å². The maximum atomic E-state index is 13.0. The number of fused-ring (bicyclic) bond motifs is 1. The van der Waals surface area contributed by atoms with E-state index in [1.165, 1.54) is 6.07 Å². The molecule has 4 rings (SSSR count). The summed E-state index contributed by atoms with van der Waals surface area (Å²) in [4.78, 5) is 10.7. The van der Waals surface area contributed by atoms with Crippen molar-refractivity contribution in [3.8, 4) is 11.1 Å². The van der Waals surface area contributed by atoms with E-state index >= 15 is 0 Å². The van der Waals surface area contributed by atoms with Gasteiger partial charge in [-0.25, -0.2) is 4.98 Å². The van der Waals surface area contributed by atoms with Crippen molar-refractivity contribution < 1.29 is 13.2 Å². The molecule has 7 heteroatoms. The molecule has 1 N–H and O–H groups in total. The lowest BCUT2D eigenvalue weighted by molar-refractivity contribution is -0.137. The summed E-state index contributed by atoms with van der Waals surface area (Å²) in [5.41, 5.74) is 2.22. The summed E-state index contributed by atoms with van der Waals surface area (Å²) in [5, 5.41) is 3.19. The Bertz CT molecular complexity index is 926. The molecule has 0 radical (unpaired) electrons. The van der Waals surface area contributed by atoms with Crippen LogP contribution in [0.4, 0.5) is 24.7 Å². The summed E-state index contributed by atoms with van der Waals surface area (Å²) < 4.78 is 38.9. The second-order valence-electron chi connectivity index (χ2n) is 6.02. The molecule has 0 fully saturated rings. The van der Waals surface area contributed by atoms with E-state index in [1.807, 2.05) is 24.3 Å². The van der Waals surface area contributed by atoms with E-state index in [0.29, 0.717) is 24.3 Å². The molecule has 4 nitrogen and oxygen atoms in total. The molecule has 0 spiro atoms. The van der Waals surface area contributed by atoms with Crippen LogP contribution in [0.15, 0.2) is 60.9 Å². The minimum atomic E-state index is -4.37. The van der Waals surface area contributed by atoms with Gasteiger partial charge in [-0.1, -0.05) is 18.2 Å². The van der Waals surface area contributed by atoms with Crippen molar-refractivity contribution in [3.05, 3.63) is 72.2 Å². The Labute approximate surface area is 148 Å². The van der Waals surface area contributed by atoms with Gasteiger partial charge in [-0.05, 0) is 35.9 Å². The lowest BCUT2D eigenvalue weighted by Crippen LogP contribution is -2.22. The highest BCUT2D eigenvalue weighted by Crippen LogP contribution is 2.36. The molecule has 0 saturated heterocycles. The van der Waals surface area contributed by atoms with Gasteiger partial charge in [0.15, 0.2) is 5.82 Å². The van der Waals surface area contributed by atoms with Crippen molar-refractivity contribution in [3.63, 3.8) is 0 Å². The van der Waals surface area contributed by atoms with Crippen LogP contribution in [0.1, 0.15) is 11.3 Å². The number of pyridine rings is 2. The molecular formula is C19H15F3N4. The van der Waals surface area contributed by atoms with Gasteiger partial charge in [-0.2, -0.15) is 13.2 Å². The summed E-state index contributed by atoms with van der Waals surface area (Å²) in [6.07, 6.45) is -1.05. The summed E-state index contributed by atoms with van der Waals surface area (Å²) in [6.45, 7) is 1.17. The molecule has 1 aromatic carbocycles. The molecule has 0 bridgehead atoms. The molecular weight excluding hydrogens is 341 g/mol. The number of nitrogens with zero attached hydrogens (tertiary/aromatic N) is 3. The zero-order valence-electron chi connectivity index (χ0n) is 13.7. The first-order valence-corrected chi connectivity index (χ1v) is 8.07. The highest BCUT2D eigenvalue weighted by atomic mass is 19.4. The monoisotopic (exact) mass is 356 g/mol. The zero-order chi connectivity index (χ0) is 18.1. The molecule has 132 valence electrons. The molecule has 0 aliphatic carbocycles. The average molecular weight is 356 g/mol. The van der Waals surface area contributed by atoms with Crippen molar-refractivity contribution in [2.75, 3.05) is 16.9 Å². The van der Waals surface area contributed by atoms with Gasteiger partial charge in [-0.15, -0.1) is 0 Å². The van der Waals surface area contributed by atoms with Crippen LogP contribution in [-0.2, 0) is 12.7 Å². The predicted octanol–water partition coefficient (Wildman–Crippen LogP) is 4.55. The van der Waals surface area contributed by atoms with Gasteiger partial charge in [0.05, 0.1) is 30.2 Å². The Hall–Kier alpha value is -3.09. The van der Waals surface area contributed by atoms with Crippen LogP contribution in [0.3, 0.4) is 0 Å². The standard InChI is InChI=1S/C19H15F3N4/c20-19(21,22)15-5-3-4-13(8-15)14-9-17-18(24-10-14)25-12-26(17)11-16-6-1-2-7-23-16/h1-10H,11-12H2,(H,24,25). The molecule has 1 aliphatic rings. The number of aromatic nitrogens is 2. The fourth-order valence-electron chi connectivity index (χ4n) is 2.95. The number of nitrogens with one attached hydrogen (secondary N) is 1. The Morgan fingerprint density at radius 1 is 1.00 bits per heavy atom. The number of benzene rings is 1. The van der Waals surface area contributed by atoms with Crippen molar-refractivity contribution >= 4 is 11.5 Å². The molecule has 0 saturated carbocycles. The van der Waals surface area contributed by atoms with Gasteiger partial charge < -0.3 is 10.2 Å². The van der Waals surface area contributed by atoms with Crippen LogP contribution in [0, 0.1) is 0 Å². The zero-order valence-corrected chi connectivity index (χ0v) is 13.7. The Morgan fingerprint density at radius 2 is 1.88 bits per heavy atom. The highest BCUT2D eigenvalue weighted by Gasteiger charge is 2.30. The maximum Gasteiger partial charge on any atom is 0.416 e. The van der Waals surface area contributed by atoms with E-state index in [0.717, 1.165) is 29.3 Å². The Kier molecular flexibility index (Phi) is 3.99. The van der Waals surface area contributed by atoms with E-state index in [9.17, 15) is 13.2 Å². The fourth-order valence-corrected chi connectivity index (χ4v) is 2.95. The quantitative estimate of drug-likeness (QED) is 0.747. The molecule has 0 unspecified atom stereocenters. The summed E-state index contributed by atoms with van der Waals surface area (Å²) in [7, 11) is 0. The fraction of sp³-hybridized carbons (Fsp3) is 0.158. The number of hydrogen-bond donors (Lipinski definition) is 1. The minimum absolute atomic E-state index is 0.486. The van der Waals surface area contributed by atoms with Crippen LogP contribution in [0.5, 0.6) is 0 Å². The topological polar surface area (TPSA) is 41.1 Å². The second-order valence-corrected chi connectivity index (χ2v) is 6.02. The third kappa shape index (κ3) is 3.20. The smallest absolute Gasteiger partial charge is 0.351 e. The third-order valence-corrected chi connectivity index (χ3v) is 4.25. The first-order valence-electron chi connectivity index (χ1n) is 8.07. The lowest BCUT2D eigenvalue weighted by atomic mass is 10.0. The number of anilines is 2. The van der Waals surface area contributed by atoms with Gasteiger partial charge in [0, 0.05) is 18.0 Å². The average Bonchev–Trinajstić information content (AvgIpc) is 3.04. The molecule has 3 heterocycles. The van der Waals surface area contributed by atoms with Crippen molar-refractivity contribution in [1.82, 2.24) is 9.97 Å². The van der Waals surface area contributed by atoms with Gasteiger partial charge in [0.25, 0.3) is 0 Å². The van der Waals surface area contributed by atoms with Crippen LogP contribution >= 0.6 is 0 Å². The predicted molar refractivity (Wildman–Crippen MR) is 93.6 cm³/mol. The first kappa shape index (κ1) is 16.4. The van der Waals surface area contributed by atoms with Crippen molar-refractivity contribution in [1.29, 1.82) is 0 Å². The minimum Gasteiger partial charge on any atom is -0.351 e. The van der Waals surface area contributed by atoms with Crippen molar-refractivity contribution in [2.45, 2.75) is 12.7 Å². The molecule has 26 heavy (non-hydrogen) atoms. The van der Waals surface area contributed by atoms with E-state index in [1.54, 1.807) is 18.5 Å². The maximum absolute atomic E-state index is 13.0. The van der Waals surface area contributed by atoms with Crippen LogP contribution in [0.25, 0.3) is 11.1 Å². The number of alkyl halides is 3. The van der Waals surface area contributed by atoms with E-state index < -0.39 is 11.7 Å². The van der Waals surface area contributed by atoms with E-state index in [2.05, 4.69) is 20.2 Å². The SMILES string of the molecule is FC(F)(F)c1cccc(-c2cnc3c(c2)N(Cc2ccccn2)CN3)c1. The Morgan fingerprint density at radius 3 is 2.65 bits per heavy atom.